The van der Waals surface area contributed by atoms with Crippen LogP contribution in [0.5, 0.6) is 0 Å². The van der Waals surface area contributed by atoms with E-state index in [1.807, 2.05) is 66.7 Å². The lowest BCUT2D eigenvalue weighted by atomic mass is 10.0. The number of carbonyl (C=O) groups is 1. The van der Waals surface area contributed by atoms with Crippen LogP contribution in [0.1, 0.15) is 11.7 Å². The largest absolute Gasteiger partial charge is 0.313 e. The molecule has 4 rings (SSSR count). The van der Waals surface area contributed by atoms with Gasteiger partial charge in [-0.1, -0.05) is 60.7 Å². The number of carbonyl (C=O) groups excluding carboxylic acids is 1. The van der Waals surface area contributed by atoms with Gasteiger partial charge >= 0.3 is 0 Å². The fourth-order valence-corrected chi connectivity index (χ4v) is 3.27. The van der Waals surface area contributed by atoms with Gasteiger partial charge in [-0.2, -0.15) is 10.4 Å². The molecule has 0 amide bonds. The van der Waals surface area contributed by atoms with Crippen LogP contribution in [-0.4, -0.2) is 30.3 Å². The normalized spacial score (nSPS) is 11.6. The molecule has 152 valence electrons. The van der Waals surface area contributed by atoms with Gasteiger partial charge in [-0.3, -0.25) is 9.59 Å². The van der Waals surface area contributed by atoms with E-state index in [0.717, 1.165) is 15.8 Å². The van der Waals surface area contributed by atoms with Gasteiger partial charge in [-0.25, -0.2) is 4.68 Å². The molecular weight excluding hydrogens is 392 g/mol. The van der Waals surface area contributed by atoms with Crippen molar-refractivity contribution in [2.75, 3.05) is 0 Å². The van der Waals surface area contributed by atoms with Crippen LogP contribution < -0.4 is 5.56 Å². The molecule has 0 spiro atoms. The van der Waals surface area contributed by atoms with Gasteiger partial charge < -0.3 is 4.57 Å². The molecule has 31 heavy (non-hydrogen) atoms. The Morgan fingerprint density at radius 2 is 1.61 bits per heavy atom. The highest BCUT2D eigenvalue weighted by molar-refractivity contribution is 5.87. The zero-order valence-corrected chi connectivity index (χ0v) is 16.7. The van der Waals surface area contributed by atoms with E-state index in [4.69, 9.17) is 0 Å². The van der Waals surface area contributed by atoms with E-state index >= 15 is 0 Å². The second-order valence-corrected chi connectivity index (χ2v) is 6.92. The van der Waals surface area contributed by atoms with Gasteiger partial charge in [0.25, 0.3) is 5.56 Å². The minimum Gasteiger partial charge on any atom is -0.313 e. The molecule has 0 aliphatic rings. The highest BCUT2D eigenvalue weighted by atomic mass is 16.1. The van der Waals surface area contributed by atoms with Crippen molar-refractivity contribution in [3.05, 3.63) is 89.0 Å². The van der Waals surface area contributed by atoms with Crippen LogP contribution >= 0.6 is 0 Å². The Hall–Kier alpha value is -4.38. The maximum Gasteiger partial charge on any atom is 0.267 e. The van der Waals surface area contributed by atoms with Gasteiger partial charge in [0.15, 0.2) is 23.3 Å². The highest BCUT2D eigenvalue weighted by Crippen LogP contribution is 2.22. The number of hydrogen-bond donors (Lipinski definition) is 0. The summed E-state index contributed by atoms with van der Waals surface area (Å²) in [5.41, 5.74) is 1.78. The standard InChI is InChI=1S/C23H18N6O2/c1-28-22(17-10-6-3-7-11-17)25-26-23(28)18(14-24)20(30)15-29-21(31)13-12-19(27-29)16-8-4-2-5-9-16/h2-13,18H,15H2,1H3. The summed E-state index contributed by atoms with van der Waals surface area (Å²) in [6.45, 7) is -0.342. The van der Waals surface area contributed by atoms with E-state index in [9.17, 15) is 14.9 Å². The molecule has 0 saturated heterocycles. The summed E-state index contributed by atoms with van der Waals surface area (Å²) < 4.78 is 2.70. The van der Waals surface area contributed by atoms with Crippen molar-refractivity contribution in [2.24, 2.45) is 7.05 Å². The lowest BCUT2D eigenvalue weighted by molar-refractivity contribution is -0.120. The van der Waals surface area contributed by atoms with Crippen LogP contribution in [0.4, 0.5) is 0 Å². The Balaban J connectivity index is 1.62. The van der Waals surface area contributed by atoms with E-state index in [-0.39, 0.29) is 12.4 Å². The number of aromatic nitrogens is 5. The van der Waals surface area contributed by atoms with Crippen LogP contribution in [0.2, 0.25) is 0 Å². The maximum absolute atomic E-state index is 12.9. The number of nitriles is 1. The van der Waals surface area contributed by atoms with Crippen molar-refractivity contribution in [3.8, 4) is 28.7 Å². The Morgan fingerprint density at radius 3 is 2.26 bits per heavy atom. The zero-order valence-electron chi connectivity index (χ0n) is 16.7. The SMILES string of the molecule is Cn1c(-c2ccccc2)nnc1C(C#N)C(=O)Cn1nc(-c2ccccc2)ccc1=O. The molecule has 0 saturated carbocycles. The fourth-order valence-electron chi connectivity index (χ4n) is 3.27. The van der Waals surface area contributed by atoms with Crippen LogP contribution in [0.15, 0.2) is 77.6 Å². The monoisotopic (exact) mass is 410 g/mol. The molecule has 2 aromatic carbocycles. The van der Waals surface area contributed by atoms with Crippen molar-refractivity contribution in [1.82, 2.24) is 24.5 Å². The average Bonchev–Trinajstić information content (AvgIpc) is 3.18. The summed E-state index contributed by atoms with van der Waals surface area (Å²) in [7, 11) is 1.70. The third kappa shape index (κ3) is 4.02. The Labute approximate surface area is 178 Å². The van der Waals surface area contributed by atoms with Gasteiger partial charge in [0.05, 0.1) is 11.8 Å². The molecule has 2 aromatic heterocycles. The van der Waals surface area contributed by atoms with E-state index < -0.39 is 17.3 Å². The summed E-state index contributed by atoms with van der Waals surface area (Å²) in [5, 5.41) is 22.2. The third-order valence-corrected chi connectivity index (χ3v) is 4.89. The minimum atomic E-state index is -1.18. The summed E-state index contributed by atoms with van der Waals surface area (Å²) in [4.78, 5) is 25.2. The van der Waals surface area contributed by atoms with Gasteiger partial charge in [-0.05, 0) is 6.07 Å². The molecule has 0 radical (unpaired) electrons. The summed E-state index contributed by atoms with van der Waals surface area (Å²) in [6, 6.07) is 23.7. The first-order chi connectivity index (χ1) is 15.1. The highest BCUT2D eigenvalue weighted by Gasteiger charge is 2.27. The molecule has 1 unspecified atom stereocenters. The van der Waals surface area contributed by atoms with E-state index in [1.54, 1.807) is 17.7 Å². The lowest BCUT2D eigenvalue weighted by Crippen LogP contribution is -2.29. The molecule has 0 N–H and O–H groups in total. The second kappa shape index (κ2) is 8.55. The molecule has 8 nitrogen and oxygen atoms in total. The molecule has 0 aliphatic heterocycles. The lowest BCUT2D eigenvalue weighted by Gasteiger charge is -2.10. The molecule has 8 heteroatoms. The van der Waals surface area contributed by atoms with Gasteiger partial charge in [0, 0.05) is 24.2 Å². The average molecular weight is 410 g/mol. The number of Topliss-reactive ketones (excluding diaryl/α,β-unsaturated/α-hetero) is 1. The van der Waals surface area contributed by atoms with Crippen molar-refractivity contribution in [1.29, 1.82) is 5.26 Å². The van der Waals surface area contributed by atoms with Gasteiger partial charge in [0.2, 0.25) is 0 Å². The Kier molecular flexibility index (Phi) is 5.49. The summed E-state index contributed by atoms with van der Waals surface area (Å²) in [5.74, 6) is -0.898. The molecule has 1 atom stereocenters. The van der Waals surface area contributed by atoms with Crippen molar-refractivity contribution >= 4 is 5.78 Å². The molecule has 0 aliphatic carbocycles. The Bertz CT molecular complexity index is 1320. The molecule has 2 heterocycles. The zero-order chi connectivity index (χ0) is 21.8. The van der Waals surface area contributed by atoms with E-state index in [1.165, 1.54) is 6.07 Å². The topological polar surface area (TPSA) is 106 Å². The first-order valence-electron chi connectivity index (χ1n) is 9.59. The van der Waals surface area contributed by atoms with Crippen molar-refractivity contribution < 1.29 is 4.79 Å². The number of nitrogens with zero attached hydrogens (tertiary/aromatic N) is 6. The molecule has 4 aromatic rings. The quantitative estimate of drug-likeness (QED) is 0.484. The van der Waals surface area contributed by atoms with Crippen LogP contribution in [-0.2, 0) is 18.4 Å². The van der Waals surface area contributed by atoms with E-state index in [2.05, 4.69) is 15.3 Å². The predicted octanol–water partition coefficient (Wildman–Crippen LogP) is 2.58. The maximum atomic E-state index is 12.9. The number of hydrogen-bond acceptors (Lipinski definition) is 6. The van der Waals surface area contributed by atoms with Crippen LogP contribution in [0.25, 0.3) is 22.6 Å². The number of rotatable bonds is 6. The van der Waals surface area contributed by atoms with Crippen molar-refractivity contribution in [2.45, 2.75) is 12.5 Å². The molecule has 0 fully saturated rings. The number of benzene rings is 2. The van der Waals surface area contributed by atoms with E-state index in [0.29, 0.717) is 11.5 Å². The minimum absolute atomic E-state index is 0.221. The second-order valence-electron chi connectivity index (χ2n) is 6.92. The van der Waals surface area contributed by atoms with Crippen LogP contribution in [0, 0.1) is 11.3 Å². The van der Waals surface area contributed by atoms with Crippen molar-refractivity contribution in [3.63, 3.8) is 0 Å². The van der Waals surface area contributed by atoms with Gasteiger partial charge in [-0.15, -0.1) is 10.2 Å². The first-order valence-corrected chi connectivity index (χ1v) is 9.59. The summed E-state index contributed by atoms with van der Waals surface area (Å²) in [6.07, 6.45) is 0. The predicted molar refractivity (Wildman–Crippen MR) is 114 cm³/mol. The third-order valence-electron chi connectivity index (χ3n) is 4.89. The summed E-state index contributed by atoms with van der Waals surface area (Å²) >= 11 is 0. The van der Waals surface area contributed by atoms with Gasteiger partial charge in [0.1, 0.15) is 6.54 Å². The molecule has 0 bridgehead atoms. The smallest absolute Gasteiger partial charge is 0.267 e. The Morgan fingerprint density at radius 1 is 0.968 bits per heavy atom. The van der Waals surface area contributed by atoms with Crippen LogP contribution in [0.3, 0.4) is 0 Å². The fraction of sp³-hybridized carbons (Fsp3) is 0.130. The first kappa shape index (κ1) is 19.9. The molecular formula is C23H18N6O2. The number of ketones is 1.